The maximum absolute atomic E-state index is 12.3. The van der Waals surface area contributed by atoms with Crippen LogP contribution in [-0.4, -0.2) is 66.2 Å². The molecule has 120 valence electrons. The Morgan fingerprint density at radius 3 is 2.14 bits per heavy atom. The van der Waals surface area contributed by atoms with Gasteiger partial charge in [-0.05, 0) is 38.5 Å². The zero-order valence-electron chi connectivity index (χ0n) is 13.0. The molecule has 3 amide bonds. The first-order valence-corrected chi connectivity index (χ1v) is 7.92. The lowest BCUT2D eigenvalue weighted by molar-refractivity contribution is -0.127. The molecule has 21 heavy (non-hydrogen) atoms. The van der Waals surface area contributed by atoms with Gasteiger partial charge in [0.15, 0.2) is 0 Å². The molecule has 0 unspecified atom stereocenters. The zero-order chi connectivity index (χ0) is 15.4. The number of carbonyl (C=O) groups excluding carboxylic acids is 2. The molecule has 6 heteroatoms. The molecule has 0 radical (unpaired) electrons. The predicted molar refractivity (Wildman–Crippen MR) is 79.8 cm³/mol. The van der Waals surface area contributed by atoms with Gasteiger partial charge in [-0.25, -0.2) is 4.79 Å². The second-order valence-corrected chi connectivity index (χ2v) is 6.45. The van der Waals surface area contributed by atoms with Crippen LogP contribution in [0.15, 0.2) is 0 Å². The minimum absolute atomic E-state index is 0.0167. The lowest BCUT2D eigenvalue weighted by Gasteiger charge is -2.34. The average molecular weight is 297 g/mol. The van der Waals surface area contributed by atoms with Gasteiger partial charge in [-0.1, -0.05) is 0 Å². The normalized spacial score (nSPS) is 27.3. The summed E-state index contributed by atoms with van der Waals surface area (Å²) in [6, 6.07) is 0.234. The van der Waals surface area contributed by atoms with Crippen LogP contribution in [0.2, 0.25) is 0 Å². The largest absolute Gasteiger partial charge is 0.393 e. The smallest absolute Gasteiger partial charge is 0.319 e. The van der Waals surface area contributed by atoms with E-state index < -0.39 is 0 Å². The SMILES string of the molecule is CN(C)C(=O)N1CCC(C(=O)NC2CCC(O)CC2)CC1. The zero-order valence-corrected chi connectivity index (χ0v) is 13.0. The molecule has 1 heterocycles. The van der Waals surface area contributed by atoms with Crippen molar-refractivity contribution in [2.24, 2.45) is 5.92 Å². The summed E-state index contributed by atoms with van der Waals surface area (Å²) in [4.78, 5) is 27.5. The number of rotatable bonds is 2. The molecule has 0 spiro atoms. The predicted octanol–water partition coefficient (Wildman–Crippen LogP) is 0.800. The molecule has 6 nitrogen and oxygen atoms in total. The van der Waals surface area contributed by atoms with Gasteiger partial charge in [0.25, 0.3) is 0 Å². The number of aliphatic hydroxyl groups excluding tert-OH is 1. The summed E-state index contributed by atoms with van der Waals surface area (Å²) in [5, 5.41) is 12.6. The number of aliphatic hydroxyl groups is 1. The summed E-state index contributed by atoms with van der Waals surface area (Å²) in [6.45, 7) is 1.30. The van der Waals surface area contributed by atoms with Crippen LogP contribution >= 0.6 is 0 Å². The Hall–Kier alpha value is -1.30. The second-order valence-electron chi connectivity index (χ2n) is 6.45. The lowest BCUT2D eigenvalue weighted by atomic mass is 9.91. The molecule has 0 aromatic rings. The first kappa shape index (κ1) is 16.1. The molecular formula is C15H27N3O3. The molecule has 0 aromatic heterocycles. The van der Waals surface area contributed by atoms with Crippen LogP contribution in [0.4, 0.5) is 4.79 Å². The third kappa shape index (κ3) is 4.33. The third-order valence-corrected chi connectivity index (χ3v) is 4.56. The van der Waals surface area contributed by atoms with Crippen LogP contribution in [0, 0.1) is 5.92 Å². The molecule has 0 atom stereocenters. The lowest BCUT2D eigenvalue weighted by Crippen LogP contribution is -2.48. The number of amides is 3. The highest BCUT2D eigenvalue weighted by Crippen LogP contribution is 2.21. The Morgan fingerprint density at radius 2 is 1.62 bits per heavy atom. The number of hydrogen-bond acceptors (Lipinski definition) is 3. The van der Waals surface area contributed by atoms with Gasteiger partial charge in [-0.3, -0.25) is 4.79 Å². The van der Waals surface area contributed by atoms with Crippen LogP contribution in [0.5, 0.6) is 0 Å². The molecule has 2 aliphatic rings. The Morgan fingerprint density at radius 1 is 1.05 bits per heavy atom. The van der Waals surface area contributed by atoms with Gasteiger partial charge >= 0.3 is 6.03 Å². The highest BCUT2D eigenvalue weighted by molar-refractivity contribution is 5.80. The van der Waals surface area contributed by atoms with Gasteiger partial charge in [0.2, 0.25) is 5.91 Å². The van der Waals surface area contributed by atoms with Gasteiger partial charge in [0, 0.05) is 39.1 Å². The van der Waals surface area contributed by atoms with Crippen molar-refractivity contribution < 1.29 is 14.7 Å². The van der Waals surface area contributed by atoms with E-state index in [0.717, 1.165) is 38.5 Å². The topological polar surface area (TPSA) is 72.9 Å². The van der Waals surface area contributed by atoms with E-state index in [1.165, 1.54) is 0 Å². The minimum atomic E-state index is -0.196. The summed E-state index contributed by atoms with van der Waals surface area (Å²) in [5.41, 5.74) is 0. The second kappa shape index (κ2) is 7.11. The summed E-state index contributed by atoms with van der Waals surface area (Å²) in [7, 11) is 3.50. The van der Waals surface area contributed by atoms with E-state index in [1.807, 2.05) is 0 Å². The Kier molecular flexibility index (Phi) is 5.45. The number of urea groups is 1. The molecule has 0 aromatic carbocycles. The standard InChI is InChI=1S/C15H27N3O3/c1-17(2)15(21)18-9-7-11(8-10-18)14(20)16-12-3-5-13(19)6-4-12/h11-13,19H,3-10H2,1-2H3,(H,16,20). The monoisotopic (exact) mass is 297 g/mol. The van der Waals surface area contributed by atoms with E-state index in [9.17, 15) is 14.7 Å². The number of carbonyl (C=O) groups is 2. The molecule has 2 fully saturated rings. The van der Waals surface area contributed by atoms with Crippen LogP contribution in [-0.2, 0) is 4.79 Å². The molecular weight excluding hydrogens is 270 g/mol. The maximum atomic E-state index is 12.3. The molecule has 1 saturated carbocycles. The van der Waals surface area contributed by atoms with Crippen LogP contribution in [0.1, 0.15) is 38.5 Å². The fraction of sp³-hybridized carbons (Fsp3) is 0.867. The fourth-order valence-electron chi connectivity index (χ4n) is 3.15. The Balaban J connectivity index is 1.74. The third-order valence-electron chi connectivity index (χ3n) is 4.56. The number of nitrogens with zero attached hydrogens (tertiary/aromatic N) is 2. The summed E-state index contributed by atoms with van der Waals surface area (Å²) >= 11 is 0. The van der Waals surface area contributed by atoms with Crippen molar-refractivity contribution in [3.63, 3.8) is 0 Å². The molecule has 1 aliphatic carbocycles. The highest BCUT2D eigenvalue weighted by Gasteiger charge is 2.29. The summed E-state index contributed by atoms with van der Waals surface area (Å²) < 4.78 is 0. The van der Waals surface area contributed by atoms with Gasteiger partial charge in [0.05, 0.1) is 6.10 Å². The average Bonchev–Trinajstić information content (AvgIpc) is 2.49. The fourth-order valence-corrected chi connectivity index (χ4v) is 3.15. The van der Waals surface area contributed by atoms with E-state index >= 15 is 0 Å². The van der Waals surface area contributed by atoms with E-state index in [-0.39, 0.29) is 30.0 Å². The van der Waals surface area contributed by atoms with E-state index in [1.54, 1.807) is 23.9 Å². The Bertz CT molecular complexity index is 370. The molecule has 1 aliphatic heterocycles. The molecule has 2 rings (SSSR count). The number of nitrogens with one attached hydrogen (secondary N) is 1. The van der Waals surface area contributed by atoms with Crippen molar-refractivity contribution in [2.45, 2.75) is 50.7 Å². The van der Waals surface area contributed by atoms with Crippen molar-refractivity contribution in [3.05, 3.63) is 0 Å². The van der Waals surface area contributed by atoms with Crippen LogP contribution in [0.25, 0.3) is 0 Å². The van der Waals surface area contributed by atoms with Crippen molar-refractivity contribution in [2.75, 3.05) is 27.2 Å². The van der Waals surface area contributed by atoms with E-state index in [2.05, 4.69) is 5.32 Å². The van der Waals surface area contributed by atoms with Gasteiger partial charge in [0.1, 0.15) is 0 Å². The maximum Gasteiger partial charge on any atom is 0.319 e. The van der Waals surface area contributed by atoms with E-state index in [4.69, 9.17) is 0 Å². The molecule has 0 bridgehead atoms. The van der Waals surface area contributed by atoms with Gasteiger partial charge in [-0.15, -0.1) is 0 Å². The number of piperidine rings is 1. The van der Waals surface area contributed by atoms with Crippen molar-refractivity contribution in [3.8, 4) is 0 Å². The highest BCUT2D eigenvalue weighted by atomic mass is 16.3. The minimum Gasteiger partial charge on any atom is -0.393 e. The van der Waals surface area contributed by atoms with Crippen molar-refractivity contribution in [1.29, 1.82) is 0 Å². The molecule has 1 saturated heterocycles. The van der Waals surface area contributed by atoms with E-state index in [0.29, 0.717) is 13.1 Å². The Labute approximate surface area is 126 Å². The van der Waals surface area contributed by atoms with Gasteiger partial charge in [-0.2, -0.15) is 0 Å². The summed E-state index contributed by atoms with van der Waals surface area (Å²) in [5.74, 6) is 0.136. The van der Waals surface area contributed by atoms with Crippen LogP contribution < -0.4 is 5.32 Å². The van der Waals surface area contributed by atoms with Crippen LogP contribution in [0.3, 0.4) is 0 Å². The van der Waals surface area contributed by atoms with Crippen molar-refractivity contribution in [1.82, 2.24) is 15.1 Å². The first-order valence-electron chi connectivity index (χ1n) is 7.92. The number of hydrogen-bond donors (Lipinski definition) is 2. The summed E-state index contributed by atoms with van der Waals surface area (Å²) in [6.07, 6.45) is 4.57. The number of likely N-dealkylation sites (tertiary alicyclic amines) is 1. The molecule has 2 N–H and O–H groups in total. The van der Waals surface area contributed by atoms with Crippen molar-refractivity contribution >= 4 is 11.9 Å². The van der Waals surface area contributed by atoms with Gasteiger partial charge < -0.3 is 20.2 Å². The quantitative estimate of drug-likeness (QED) is 0.792. The first-order chi connectivity index (χ1) is 9.97.